The van der Waals surface area contributed by atoms with Gasteiger partial charge in [0.25, 0.3) is 21.8 Å². The molecule has 11 heteroatoms. The third-order valence-electron chi connectivity index (χ3n) is 3.49. The van der Waals surface area contributed by atoms with E-state index in [4.69, 9.17) is 17.3 Å². The van der Waals surface area contributed by atoms with Gasteiger partial charge in [0.2, 0.25) is 0 Å². The Morgan fingerprint density at radius 3 is 2.50 bits per heavy atom. The van der Waals surface area contributed by atoms with E-state index in [9.17, 15) is 13.2 Å². The summed E-state index contributed by atoms with van der Waals surface area (Å²) < 4.78 is 27.6. The normalized spacial score (nSPS) is 11.3. The number of nitrogens with zero attached hydrogens (tertiary/aromatic N) is 4. The second-order valence-electron chi connectivity index (χ2n) is 5.28. The number of nitrogens with one attached hydrogen (secondary N) is 1. The van der Waals surface area contributed by atoms with Gasteiger partial charge in [-0.1, -0.05) is 17.7 Å². The van der Waals surface area contributed by atoms with Crippen molar-refractivity contribution in [3.05, 3.63) is 58.9 Å². The second kappa shape index (κ2) is 6.73. The lowest BCUT2D eigenvalue weighted by atomic mass is 10.2. The molecule has 0 spiro atoms. The second-order valence-corrected chi connectivity index (χ2v) is 7.34. The zero-order valence-electron chi connectivity index (χ0n) is 13.4. The molecule has 9 nitrogen and oxygen atoms in total. The number of primary amides is 1. The fourth-order valence-electron chi connectivity index (χ4n) is 2.17. The van der Waals surface area contributed by atoms with Crippen LogP contribution in [0, 0.1) is 6.92 Å². The number of amides is 1. The third-order valence-corrected chi connectivity index (χ3v) is 5.43. The van der Waals surface area contributed by atoms with Gasteiger partial charge < -0.3 is 5.73 Å². The molecule has 0 fully saturated rings. The van der Waals surface area contributed by atoms with E-state index >= 15 is 0 Å². The first-order valence-electron chi connectivity index (χ1n) is 7.26. The van der Waals surface area contributed by atoms with Crippen LogP contribution in [-0.2, 0) is 10.0 Å². The molecule has 0 atom stereocenters. The van der Waals surface area contributed by atoms with Gasteiger partial charge in [0.15, 0.2) is 0 Å². The van der Waals surface area contributed by atoms with Crippen LogP contribution in [0.5, 0.6) is 0 Å². The Labute approximate surface area is 153 Å². The fraction of sp³-hybridized carbons (Fsp3) is 0.0667. The van der Waals surface area contributed by atoms with E-state index in [2.05, 4.69) is 20.1 Å². The predicted molar refractivity (Wildman–Crippen MR) is 94.7 cm³/mol. The minimum absolute atomic E-state index is 0.0955. The van der Waals surface area contributed by atoms with Gasteiger partial charge >= 0.3 is 0 Å². The Morgan fingerprint density at radius 1 is 1.19 bits per heavy atom. The van der Waals surface area contributed by atoms with Crippen molar-refractivity contribution in [1.82, 2.24) is 20.2 Å². The Kier molecular flexibility index (Phi) is 4.62. The molecule has 0 bridgehead atoms. The lowest BCUT2D eigenvalue weighted by Crippen LogP contribution is -2.14. The van der Waals surface area contributed by atoms with Crippen molar-refractivity contribution in [2.75, 3.05) is 4.72 Å². The molecule has 134 valence electrons. The minimum Gasteiger partial charge on any atom is -0.363 e. The number of hydrogen-bond acceptors (Lipinski definition) is 6. The highest BCUT2D eigenvalue weighted by Gasteiger charge is 2.18. The van der Waals surface area contributed by atoms with E-state index < -0.39 is 15.9 Å². The SMILES string of the molecule is Cc1c(Cl)cccc1S(=O)(=O)Nc1ccc(-n2nnc(C(N)=O)n2)cc1. The van der Waals surface area contributed by atoms with Crippen LogP contribution in [0.3, 0.4) is 0 Å². The van der Waals surface area contributed by atoms with Gasteiger partial charge in [-0.2, -0.15) is 0 Å². The van der Waals surface area contributed by atoms with Gasteiger partial charge in [-0.25, -0.2) is 8.42 Å². The van der Waals surface area contributed by atoms with Crippen LogP contribution < -0.4 is 10.5 Å². The number of benzene rings is 2. The number of carbonyl (C=O) groups excluding carboxylic acids is 1. The maximum absolute atomic E-state index is 12.5. The predicted octanol–water partition coefficient (Wildman–Crippen LogP) is 1.52. The molecule has 3 N–H and O–H groups in total. The van der Waals surface area contributed by atoms with Crippen molar-refractivity contribution in [1.29, 1.82) is 0 Å². The van der Waals surface area contributed by atoms with E-state index in [0.29, 0.717) is 22.0 Å². The summed E-state index contributed by atoms with van der Waals surface area (Å²) in [5, 5.41) is 11.4. The zero-order valence-corrected chi connectivity index (χ0v) is 15.0. The van der Waals surface area contributed by atoms with E-state index in [-0.39, 0.29) is 10.7 Å². The number of carbonyl (C=O) groups is 1. The molecule has 2 aromatic carbocycles. The monoisotopic (exact) mass is 392 g/mol. The van der Waals surface area contributed by atoms with Crippen LogP contribution in [0.2, 0.25) is 5.02 Å². The highest BCUT2D eigenvalue weighted by molar-refractivity contribution is 7.92. The molecule has 3 rings (SSSR count). The number of nitrogens with two attached hydrogens (primary N) is 1. The lowest BCUT2D eigenvalue weighted by Gasteiger charge is -2.11. The molecule has 26 heavy (non-hydrogen) atoms. The van der Waals surface area contributed by atoms with Crippen molar-refractivity contribution in [3.63, 3.8) is 0 Å². The molecule has 0 aliphatic rings. The summed E-state index contributed by atoms with van der Waals surface area (Å²) in [7, 11) is -3.80. The van der Waals surface area contributed by atoms with Crippen molar-refractivity contribution >= 4 is 33.2 Å². The number of hydrogen-bond donors (Lipinski definition) is 2. The molecule has 0 saturated carbocycles. The summed E-state index contributed by atoms with van der Waals surface area (Å²) in [6, 6.07) is 10.9. The lowest BCUT2D eigenvalue weighted by molar-refractivity contribution is 0.0990. The van der Waals surface area contributed by atoms with E-state index in [1.54, 1.807) is 31.2 Å². The first kappa shape index (κ1) is 17.8. The van der Waals surface area contributed by atoms with E-state index in [1.807, 2.05) is 0 Å². The maximum atomic E-state index is 12.5. The minimum atomic E-state index is -3.80. The summed E-state index contributed by atoms with van der Waals surface area (Å²) in [5.74, 6) is -1.01. The molecular weight excluding hydrogens is 380 g/mol. The van der Waals surface area contributed by atoms with Gasteiger partial charge in [0.1, 0.15) is 0 Å². The molecule has 0 radical (unpaired) electrons. The molecule has 0 aliphatic heterocycles. The van der Waals surface area contributed by atoms with Crippen LogP contribution >= 0.6 is 11.6 Å². The van der Waals surface area contributed by atoms with Gasteiger partial charge in [-0.05, 0) is 54.1 Å². The Morgan fingerprint density at radius 2 is 1.88 bits per heavy atom. The Balaban J connectivity index is 1.84. The average molecular weight is 393 g/mol. The summed E-state index contributed by atoms with van der Waals surface area (Å²) >= 11 is 5.99. The first-order valence-corrected chi connectivity index (χ1v) is 9.12. The topological polar surface area (TPSA) is 133 Å². The molecule has 0 unspecified atom stereocenters. The van der Waals surface area contributed by atoms with Crippen LogP contribution in [0.25, 0.3) is 5.69 Å². The summed E-state index contributed by atoms with van der Waals surface area (Å²) in [6.45, 7) is 1.63. The molecule has 3 aromatic rings. The largest absolute Gasteiger partial charge is 0.363 e. The number of aromatic nitrogens is 4. The highest BCUT2D eigenvalue weighted by atomic mass is 35.5. The van der Waals surface area contributed by atoms with Gasteiger partial charge in [-0.15, -0.1) is 15.0 Å². The number of rotatable bonds is 5. The van der Waals surface area contributed by atoms with E-state index in [1.165, 1.54) is 18.2 Å². The summed E-state index contributed by atoms with van der Waals surface area (Å²) in [6.07, 6.45) is 0. The number of anilines is 1. The number of tetrazole rings is 1. The van der Waals surface area contributed by atoms with Gasteiger partial charge in [0.05, 0.1) is 10.6 Å². The van der Waals surface area contributed by atoms with Crippen molar-refractivity contribution in [2.45, 2.75) is 11.8 Å². The number of halogens is 1. The van der Waals surface area contributed by atoms with E-state index in [0.717, 1.165) is 4.80 Å². The molecule has 1 amide bonds. The van der Waals surface area contributed by atoms with Crippen LogP contribution in [0.4, 0.5) is 5.69 Å². The fourth-order valence-corrected chi connectivity index (χ4v) is 3.73. The third kappa shape index (κ3) is 3.51. The first-order chi connectivity index (χ1) is 12.3. The molecular formula is C15H13ClN6O3S. The highest BCUT2D eigenvalue weighted by Crippen LogP contribution is 2.25. The standard InChI is InChI=1S/C15H13ClN6O3S/c1-9-12(16)3-2-4-13(9)26(24,25)20-10-5-7-11(8-6-10)22-19-15(14(17)23)18-21-22/h2-8,20H,1H3,(H2,17,23). The number of sulfonamides is 1. The summed E-state index contributed by atoms with van der Waals surface area (Å²) in [5.41, 5.74) is 6.35. The van der Waals surface area contributed by atoms with Gasteiger partial charge in [-0.3, -0.25) is 9.52 Å². The van der Waals surface area contributed by atoms with Crippen molar-refractivity contribution in [2.24, 2.45) is 5.73 Å². The van der Waals surface area contributed by atoms with Gasteiger partial charge in [0, 0.05) is 10.7 Å². The smallest absolute Gasteiger partial charge is 0.290 e. The molecule has 0 saturated heterocycles. The maximum Gasteiger partial charge on any atom is 0.290 e. The van der Waals surface area contributed by atoms with Crippen molar-refractivity contribution in [3.8, 4) is 5.69 Å². The molecule has 1 aromatic heterocycles. The van der Waals surface area contributed by atoms with Crippen LogP contribution in [0.1, 0.15) is 16.2 Å². The average Bonchev–Trinajstić information content (AvgIpc) is 3.08. The molecule has 1 heterocycles. The summed E-state index contributed by atoms with van der Waals surface area (Å²) in [4.78, 5) is 12.2. The molecule has 0 aliphatic carbocycles. The van der Waals surface area contributed by atoms with Crippen molar-refractivity contribution < 1.29 is 13.2 Å². The quantitative estimate of drug-likeness (QED) is 0.676. The Bertz CT molecular complexity index is 1080. The Hall–Kier alpha value is -2.98. The van der Waals surface area contributed by atoms with Crippen LogP contribution in [-0.4, -0.2) is 34.5 Å². The zero-order chi connectivity index (χ0) is 18.9. The van der Waals surface area contributed by atoms with Crippen LogP contribution in [0.15, 0.2) is 47.4 Å².